The Balaban J connectivity index is 2.17. The van der Waals surface area contributed by atoms with Crippen molar-refractivity contribution in [3.8, 4) is 11.8 Å². The molecule has 22 heavy (non-hydrogen) atoms. The molecule has 0 aliphatic carbocycles. The summed E-state index contributed by atoms with van der Waals surface area (Å²) in [6.45, 7) is 1.60. The molecule has 2 rings (SSSR count). The first-order valence-corrected chi connectivity index (χ1v) is 8.36. The molecule has 116 valence electrons. The van der Waals surface area contributed by atoms with E-state index in [-0.39, 0.29) is 23.6 Å². The van der Waals surface area contributed by atoms with E-state index >= 15 is 0 Å². The van der Waals surface area contributed by atoms with Gasteiger partial charge in [-0.15, -0.1) is 0 Å². The van der Waals surface area contributed by atoms with E-state index < -0.39 is 27.5 Å². The van der Waals surface area contributed by atoms with Crippen molar-refractivity contribution in [2.45, 2.75) is 19.4 Å². The van der Waals surface area contributed by atoms with Crippen LogP contribution < -0.4 is 10.1 Å². The number of nitrogens with one attached hydrogen (secondary N) is 1. The number of benzene rings is 1. The van der Waals surface area contributed by atoms with Crippen molar-refractivity contribution in [2.24, 2.45) is 0 Å². The van der Waals surface area contributed by atoms with Gasteiger partial charge in [-0.1, -0.05) is 0 Å². The standard InChI is InChI=1S/C14H14N2O5S/c1-9-14(18)16-11-7-10(3-4-13(11)21-9)12(17)8-22(19,20)6-2-5-15/h3-4,7,9H,2,6,8H2,1H3,(H,16,18). The molecule has 1 aliphatic heterocycles. The average Bonchev–Trinajstić information content (AvgIpc) is 2.45. The van der Waals surface area contributed by atoms with E-state index in [2.05, 4.69) is 5.32 Å². The van der Waals surface area contributed by atoms with Crippen molar-refractivity contribution in [3.63, 3.8) is 0 Å². The quantitative estimate of drug-likeness (QED) is 0.806. The minimum atomic E-state index is -3.62. The maximum absolute atomic E-state index is 12.0. The first-order chi connectivity index (χ1) is 10.3. The topological polar surface area (TPSA) is 113 Å². The molecule has 8 heteroatoms. The average molecular weight is 322 g/mol. The van der Waals surface area contributed by atoms with Gasteiger partial charge in [0.05, 0.1) is 17.5 Å². The Morgan fingerprint density at radius 3 is 2.86 bits per heavy atom. The number of hydrogen-bond acceptors (Lipinski definition) is 6. The van der Waals surface area contributed by atoms with Crippen LogP contribution in [0.2, 0.25) is 0 Å². The lowest BCUT2D eigenvalue weighted by atomic mass is 10.1. The largest absolute Gasteiger partial charge is 0.479 e. The molecule has 1 amide bonds. The second-order valence-electron chi connectivity index (χ2n) is 4.88. The number of nitriles is 1. The normalized spacial score (nSPS) is 16.9. The Bertz CT molecular complexity index is 764. The number of Topliss-reactive ketones (excluding diaryl/α,β-unsaturated/α-hetero) is 1. The van der Waals surface area contributed by atoms with Crippen molar-refractivity contribution >= 4 is 27.2 Å². The predicted molar refractivity (Wildman–Crippen MR) is 78.4 cm³/mol. The molecule has 1 N–H and O–H groups in total. The van der Waals surface area contributed by atoms with E-state index in [9.17, 15) is 18.0 Å². The van der Waals surface area contributed by atoms with Crippen LogP contribution in [0.1, 0.15) is 23.7 Å². The van der Waals surface area contributed by atoms with Crippen LogP contribution in [-0.4, -0.2) is 37.7 Å². The van der Waals surface area contributed by atoms with E-state index in [0.717, 1.165) is 0 Å². The minimum Gasteiger partial charge on any atom is -0.479 e. The highest BCUT2D eigenvalue weighted by atomic mass is 32.2. The van der Waals surface area contributed by atoms with Gasteiger partial charge < -0.3 is 10.1 Å². The van der Waals surface area contributed by atoms with Gasteiger partial charge in [0.15, 0.2) is 21.7 Å². The zero-order valence-electron chi connectivity index (χ0n) is 11.8. The van der Waals surface area contributed by atoms with Gasteiger partial charge in [0, 0.05) is 12.0 Å². The Morgan fingerprint density at radius 2 is 2.18 bits per heavy atom. The number of fused-ring (bicyclic) bond motifs is 1. The number of nitrogens with zero attached hydrogens (tertiary/aromatic N) is 1. The van der Waals surface area contributed by atoms with Crippen LogP contribution in [-0.2, 0) is 14.6 Å². The molecule has 1 unspecified atom stereocenters. The number of ether oxygens (including phenoxy) is 1. The molecule has 0 saturated carbocycles. The molecule has 0 spiro atoms. The summed E-state index contributed by atoms with van der Waals surface area (Å²) in [6, 6.07) is 6.09. The molecule has 0 fully saturated rings. The number of sulfone groups is 1. The summed E-state index contributed by atoms with van der Waals surface area (Å²) in [5.41, 5.74) is 0.501. The van der Waals surface area contributed by atoms with Crippen LogP contribution in [0.4, 0.5) is 5.69 Å². The molecule has 0 aromatic heterocycles. The molecule has 0 saturated heterocycles. The van der Waals surface area contributed by atoms with Crippen LogP contribution in [0, 0.1) is 11.3 Å². The smallest absolute Gasteiger partial charge is 0.265 e. The predicted octanol–water partition coefficient (Wildman–Crippen LogP) is 0.917. The summed E-state index contributed by atoms with van der Waals surface area (Å²) in [5, 5.41) is 11.0. The Morgan fingerprint density at radius 1 is 1.45 bits per heavy atom. The van der Waals surface area contributed by atoms with E-state index in [1.165, 1.54) is 18.2 Å². The van der Waals surface area contributed by atoms with Gasteiger partial charge in [-0.05, 0) is 25.1 Å². The van der Waals surface area contributed by atoms with E-state index in [4.69, 9.17) is 10.00 Å². The van der Waals surface area contributed by atoms with Gasteiger partial charge in [-0.25, -0.2) is 8.42 Å². The molecule has 0 bridgehead atoms. The van der Waals surface area contributed by atoms with Gasteiger partial charge in [-0.2, -0.15) is 5.26 Å². The first-order valence-electron chi connectivity index (χ1n) is 6.54. The fourth-order valence-electron chi connectivity index (χ4n) is 1.94. The van der Waals surface area contributed by atoms with Gasteiger partial charge in [0.2, 0.25) is 0 Å². The molecule has 1 atom stereocenters. The lowest BCUT2D eigenvalue weighted by molar-refractivity contribution is -0.122. The number of anilines is 1. The molecule has 1 aromatic rings. The van der Waals surface area contributed by atoms with Gasteiger partial charge in [0.1, 0.15) is 11.5 Å². The van der Waals surface area contributed by atoms with Crippen molar-refractivity contribution in [1.82, 2.24) is 0 Å². The highest BCUT2D eigenvalue weighted by Crippen LogP contribution is 2.30. The third kappa shape index (κ3) is 3.62. The first kappa shape index (κ1) is 16.0. The summed E-state index contributed by atoms with van der Waals surface area (Å²) in [7, 11) is -3.62. The van der Waals surface area contributed by atoms with Crippen LogP contribution in [0.25, 0.3) is 0 Å². The zero-order chi connectivity index (χ0) is 16.3. The summed E-state index contributed by atoms with van der Waals surface area (Å²) >= 11 is 0. The number of hydrogen-bond donors (Lipinski definition) is 1. The molecule has 1 aliphatic rings. The van der Waals surface area contributed by atoms with E-state index in [1.54, 1.807) is 13.0 Å². The van der Waals surface area contributed by atoms with Crippen LogP contribution in [0.3, 0.4) is 0 Å². The monoisotopic (exact) mass is 322 g/mol. The molecule has 1 aromatic carbocycles. The lowest BCUT2D eigenvalue weighted by Crippen LogP contribution is -2.34. The van der Waals surface area contributed by atoms with Crippen LogP contribution in [0.15, 0.2) is 18.2 Å². The minimum absolute atomic E-state index is 0.151. The fourth-order valence-corrected chi connectivity index (χ4v) is 3.05. The number of carbonyl (C=O) groups is 2. The zero-order valence-corrected chi connectivity index (χ0v) is 12.6. The number of rotatable bonds is 5. The summed E-state index contributed by atoms with van der Waals surface area (Å²) in [5.74, 6) is -1.51. The third-order valence-corrected chi connectivity index (χ3v) is 4.64. The summed E-state index contributed by atoms with van der Waals surface area (Å²) < 4.78 is 28.7. The Kier molecular flexibility index (Phi) is 4.47. The molecule has 7 nitrogen and oxygen atoms in total. The van der Waals surface area contributed by atoms with Crippen molar-refractivity contribution < 1.29 is 22.7 Å². The maximum Gasteiger partial charge on any atom is 0.265 e. The molecule has 1 heterocycles. The van der Waals surface area contributed by atoms with Gasteiger partial charge >= 0.3 is 0 Å². The Hall–Kier alpha value is -2.40. The SMILES string of the molecule is CC1Oc2ccc(C(=O)CS(=O)(=O)CCC#N)cc2NC1=O. The third-order valence-electron chi connectivity index (χ3n) is 3.11. The number of carbonyl (C=O) groups excluding carboxylic acids is 2. The summed E-state index contributed by atoms with van der Waals surface area (Å²) in [4.78, 5) is 23.6. The summed E-state index contributed by atoms with van der Waals surface area (Å²) in [6.07, 6.45) is -0.776. The Labute approximate surface area is 127 Å². The van der Waals surface area contributed by atoms with Crippen LogP contribution in [0.5, 0.6) is 5.75 Å². The molecular weight excluding hydrogens is 308 g/mol. The van der Waals surface area contributed by atoms with Crippen molar-refractivity contribution in [2.75, 3.05) is 16.8 Å². The second-order valence-corrected chi connectivity index (χ2v) is 7.07. The van der Waals surface area contributed by atoms with Crippen LogP contribution >= 0.6 is 0 Å². The van der Waals surface area contributed by atoms with Crippen molar-refractivity contribution in [1.29, 1.82) is 5.26 Å². The van der Waals surface area contributed by atoms with Crippen molar-refractivity contribution in [3.05, 3.63) is 23.8 Å². The van der Waals surface area contributed by atoms with Gasteiger partial charge in [-0.3, -0.25) is 9.59 Å². The highest BCUT2D eigenvalue weighted by molar-refractivity contribution is 7.92. The maximum atomic E-state index is 12.0. The van der Waals surface area contributed by atoms with E-state index in [0.29, 0.717) is 11.4 Å². The van der Waals surface area contributed by atoms with Gasteiger partial charge in [0.25, 0.3) is 5.91 Å². The molecule has 0 radical (unpaired) electrons. The van der Waals surface area contributed by atoms with E-state index in [1.807, 2.05) is 0 Å². The lowest BCUT2D eigenvalue weighted by Gasteiger charge is -2.23. The fraction of sp³-hybridized carbons (Fsp3) is 0.357. The highest BCUT2D eigenvalue weighted by Gasteiger charge is 2.25. The number of ketones is 1. The number of amides is 1. The molecular formula is C14H14N2O5S. The second kappa shape index (κ2) is 6.15.